The van der Waals surface area contributed by atoms with E-state index in [9.17, 15) is 4.79 Å². The summed E-state index contributed by atoms with van der Waals surface area (Å²) in [5.74, 6) is 0.0865. The number of nitrogens with zero attached hydrogens (tertiary/aromatic N) is 4. The number of hydrogen-bond donors (Lipinski definition) is 0. The maximum absolute atomic E-state index is 13.2. The molecule has 3 aromatic rings. The molecular formula is C22H24N4O. The van der Waals surface area contributed by atoms with Gasteiger partial charge in [0.15, 0.2) is 0 Å². The van der Waals surface area contributed by atoms with Crippen molar-refractivity contribution in [1.82, 2.24) is 19.7 Å². The maximum atomic E-state index is 13.2. The smallest absolute Gasteiger partial charge is 0.254 e. The monoisotopic (exact) mass is 360 g/mol. The van der Waals surface area contributed by atoms with Crippen LogP contribution in [0.2, 0.25) is 0 Å². The van der Waals surface area contributed by atoms with Crippen LogP contribution in [0.4, 0.5) is 0 Å². The zero-order valence-electron chi connectivity index (χ0n) is 15.8. The molecule has 0 N–H and O–H groups in total. The first-order chi connectivity index (χ1) is 13.1. The number of benzene rings is 1. The lowest BCUT2D eigenvalue weighted by molar-refractivity contribution is 0.0611. The molecule has 5 heteroatoms. The highest BCUT2D eigenvalue weighted by Crippen LogP contribution is 2.31. The quantitative estimate of drug-likeness (QED) is 0.701. The molecule has 1 aliphatic rings. The summed E-state index contributed by atoms with van der Waals surface area (Å²) in [4.78, 5) is 19.4. The summed E-state index contributed by atoms with van der Waals surface area (Å²) < 4.78 is 1.91. The summed E-state index contributed by atoms with van der Waals surface area (Å²) in [5, 5.41) is 4.51. The van der Waals surface area contributed by atoms with E-state index < -0.39 is 0 Å². The molecule has 1 amide bonds. The number of carbonyl (C=O) groups excluding carboxylic acids is 1. The van der Waals surface area contributed by atoms with Crippen LogP contribution in [0.3, 0.4) is 0 Å². The molecule has 1 atom stereocenters. The fourth-order valence-electron chi connectivity index (χ4n) is 3.90. The highest BCUT2D eigenvalue weighted by atomic mass is 16.2. The molecule has 1 fully saturated rings. The van der Waals surface area contributed by atoms with Crippen LogP contribution in [0.25, 0.3) is 5.69 Å². The third-order valence-corrected chi connectivity index (χ3v) is 5.20. The van der Waals surface area contributed by atoms with Crippen molar-refractivity contribution in [3.63, 3.8) is 0 Å². The first kappa shape index (κ1) is 17.5. The van der Waals surface area contributed by atoms with Crippen molar-refractivity contribution < 1.29 is 4.79 Å². The van der Waals surface area contributed by atoms with Crippen LogP contribution in [-0.2, 0) is 0 Å². The average Bonchev–Trinajstić information content (AvgIpc) is 3.06. The normalized spacial score (nSPS) is 17.1. The van der Waals surface area contributed by atoms with Gasteiger partial charge in [0.25, 0.3) is 5.91 Å². The van der Waals surface area contributed by atoms with E-state index in [1.165, 1.54) is 0 Å². The van der Waals surface area contributed by atoms with Crippen LogP contribution in [0, 0.1) is 13.8 Å². The number of hydrogen-bond acceptors (Lipinski definition) is 3. The van der Waals surface area contributed by atoms with Gasteiger partial charge in [-0.25, -0.2) is 4.68 Å². The summed E-state index contributed by atoms with van der Waals surface area (Å²) in [6, 6.07) is 13.9. The van der Waals surface area contributed by atoms with Crippen molar-refractivity contribution in [3.8, 4) is 5.69 Å². The highest BCUT2D eigenvalue weighted by molar-refractivity contribution is 5.94. The second-order valence-corrected chi connectivity index (χ2v) is 7.18. The lowest BCUT2D eigenvalue weighted by Gasteiger charge is -2.36. The summed E-state index contributed by atoms with van der Waals surface area (Å²) in [7, 11) is 0. The second-order valence-electron chi connectivity index (χ2n) is 7.18. The van der Waals surface area contributed by atoms with Gasteiger partial charge in [-0.3, -0.25) is 9.78 Å². The number of amides is 1. The Morgan fingerprint density at radius 3 is 2.59 bits per heavy atom. The van der Waals surface area contributed by atoms with Gasteiger partial charge >= 0.3 is 0 Å². The molecule has 1 aliphatic heterocycles. The molecule has 0 radical (unpaired) electrons. The summed E-state index contributed by atoms with van der Waals surface area (Å²) in [5.41, 5.74) is 4.88. The van der Waals surface area contributed by atoms with Crippen molar-refractivity contribution in [1.29, 1.82) is 0 Å². The topological polar surface area (TPSA) is 51.0 Å². The minimum Gasteiger partial charge on any atom is -0.332 e. The predicted octanol–water partition coefficient (Wildman–Crippen LogP) is 4.25. The van der Waals surface area contributed by atoms with Gasteiger partial charge in [-0.05, 0) is 75.1 Å². The molecule has 1 unspecified atom stereocenters. The van der Waals surface area contributed by atoms with E-state index in [1.807, 2.05) is 66.0 Å². The van der Waals surface area contributed by atoms with Crippen LogP contribution in [0.1, 0.15) is 52.6 Å². The SMILES string of the molecule is Cc1cc(C)n(-c2ccc(C(=O)N3CCCCC3c3cccnc3)cc2)n1. The van der Waals surface area contributed by atoms with E-state index in [-0.39, 0.29) is 11.9 Å². The van der Waals surface area contributed by atoms with E-state index in [4.69, 9.17) is 0 Å². The Kier molecular flexibility index (Phi) is 4.75. The van der Waals surface area contributed by atoms with E-state index in [0.29, 0.717) is 0 Å². The highest BCUT2D eigenvalue weighted by Gasteiger charge is 2.28. The van der Waals surface area contributed by atoms with E-state index in [0.717, 1.165) is 54.0 Å². The fourth-order valence-corrected chi connectivity index (χ4v) is 3.90. The number of carbonyl (C=O) groups is 1. The first-order valence-electron chi connectivity index (χ1n) is 9.48. The van der Waals surface area contributed by atoms with Crippen LogP contribution in [0.5, 0.6) is 0 Å². The van der Waals surface area contributed by atoms with Crippen LogP contribution in [-0.4, -0.2) is 32.1 Å². The molecule has 27 heavy (non-hydrogen) atoms. The van der Waals surface area contributed by atoms with E-state index in [1.54, 1.807) is 6.20 Å². The summed E-state index contributed by atoms with van der Waals surface area (Å²) in [6.07, 6.45) is 6.83. The van der Waals surface area contributed by atoms with Crippen LogP contribution < -0.4 is 0 Å². The number of aromatic nitrogens is 3. The van der Waals surface area contributed by atoms with Gasteiger partial charge in [-0.1, -0.05) is 6.07 Å². The molecule has 1 aromatic carbocycles. The molecular weight excluding hydrogens is 336 g/mol. The number of piperidine rings is 1. The van der Waals surface area contributed by atoms with Gasteiger partial charge in [0.05, 0.1) is 17.4 Å². The zero-order chi connectivity index (χ0) is 18.8. The third kappa shape index (κ3) is 3.50. The van der Waals surface area contributed by atoms with Crippen LogP contribution >= 0.6 is 0 Å². The van der Waals surface area contributed by atoms with Gasteiger partial charge in [0.1, 0.15) is 0 Å². The van der Waals surface area contributed by atoms with Gasteiger partial charge in [-0.2, -0.15) is 5.10 Å². The average molecular weight is 360 g/mol. The molecule has 4 rings (SSSR count). The molecule has 1 saturated heterocycles. The van der Waals surface area contributed by atoms with E-state index >= 15 is 0 Å². The molecule has 5 nitrogen and oxygen atoms in total. The summed E-state index contributed by atoms with van der Waals surface area (Å²) in [6.45, 7) is 4.80. The maximum Gasteiger partial charge on any atom is 0.254 e. The number of aryl methyl sites for hydroxylation is 2. The van der Waals surface area contributed by atoms with Crippen molar-refractivity contribution in [3.05, 3.63) is 77.4 Å². The van der Waals surface area contributed by atoms with Crippen molar-refractivity contribution >= 4 is 5.91 Å². The van der Waals surface area contributed by atoms with Crippen molar-refractivity contribution in [2.75, 3.05) is 6.54 Å². The molecule has 0 saturated carbocycles. The minimum absolute atomic E-state index is 0.0865. The molecule has 3 heterocycles. The van der Waals surface area contributed by atoms with Gasteiger partial charge in [0, 0.05) is 30.2 Å². The van der Waals surface area contributed by atoms with E-state index in [2.05, 4.69) is 16.1 Å². The Morgan fingerprint density at radius 1 is 1.11 bits per heavy atom. The Morgan fingerprint density at radius 2 is 1.93 bits per heavy atom. The van der Waals surface area contributed by atoms with Gasteiger partial charge in [-0.15, -0.1) is 0 Å². The Bertz CT molecular complexity index is 931. The Labute approximate surface area is 159 Å². The number of likely N-dealkylation sites (tertiary alicyclic amines) is 1. The fraction of sp³-hybridized carbons (Fsp3) is 0.318. The zero-order valence-corrected chi connectivity index (χ0v) is 15.8. The van der Waals surface area contributed by atoms with Crippen LogP contribution in [0.15, 0.2) is 54.9 Å². The lowest BCUT2D eigenvalue weighted by Crippen LogP contribution is -2.38. The molecule has 2 aromatic heterocycles. The molecule has 0 bridgehead atoms. The molecule has 0 spiro atoms. The first-order valence-corrected chi connectivity index (χ1v) is 9.48. The molecule has 138 valence electrons. The van der Waals surface area contributed by atoms with Gasteiger partial charge < -0.3 is 4.90 Å². The minimum atomic E-state index is 0.0865. The second kappa shape index (κ2) is 7.35. The van der Waals surface area contributed by atoms with Crippen molar-refractivity contribution in [2.45, 2.75) is 39.2 Å². The summed E-state index contributed by atoms with van der Waals surface area (Å²) >= 11 is 0. The largest absolute Gasteiger partial charge is 0.332 e. The standard InChI is InChI=1S/C22H24N4O/c1-16-14-17(2)26(24-16)20-10-8-18(9-11-20)22(27)25-13-4-3-7-21(25)19-6-5-12-23-15-19/h5-6,8-12,14-15,21H,3-4,7,13H2,1-2H3. The Balaban J connectivity index is 1.59. The number of pyridine rings is 1. The molecule has 0 aliphatic carbocycles. The van der Waals surface area contributed by atoms with Gasteiger partial charge in [0.2, 0.25) is 0 Å². The number of rotatable bonds is 3. The van der Waals surface area contributed by atoms with Crippen molar-refractivity contribution in [2.24, 2.45) is 0 Å². The third-order valence-electron chi connectivity index (χ3n) is 5.20. The predicted molar refractivity (Wildman–Crippen MR) is 105 cm³/mol. The lowest BCUT2D eigenvalue weighted by atomic mass is 9.95. The Hall–Kier alpha value is -2.95.